The van der Waals surface area contributed by atoms with Crippen LogP contribution in [0.15, 0.2) is 53.3 Å². The highest BCUT2D eigenvalue weighted by Gasteiger charge is 2.16. The average Bonchev–Trinajstić information content (AvgIpc) is 2.62. The van der Waals surface area contributed by atoms with Gasteiger partial charge in [-0.2, -0.15) is 5.10 Å². The van der Waals surface area contributed by atoms with Crippen LogP contribution in [0.25, 0.3) is 10.8 Å². The number of fused-ring (bicyclic) bond motifs is 1. The van der Waals surface area contributed by atoms with Crippen molar-refractivity contribution < 1.29 is 4.79 Å². The van der Waals surface area contributed by atoms with E-state index in [4.69, 9.17) is 0 Å². The Balaban J connectivity index is 2.06. The van der Waals surface area contributed by atoms with Gasteiger partial charge in [0.1, 0.15) is 0 Å². The largest absolute Gasteiger partial charge is 0.321 e. The first-order valence-electron chi connectivity index (χ1n) is 8.04. The Morgan fingerprint density at radius 1 is 1.08 bits per heavy atom. The molecule has 1 amide bonds. The third-order valence-corrected chi connectivity index (χ3v) is 3.98. The molecule has 1 heterocycles. The van der Waals surface area contributed by atoms with E-state index in [9.17, 15) is 9.59 Å². The van der Waals surface area contributed by atoms with Crippen molar-refractivity contribution in [2.75, 3.05) is 5.32 Å². The molecule has 0 bridgehead atoms. The molecule has 0 aliphatic heterocycles. The lowest BCUT2D eigenvalue weighted by Gasteiger charge is -2.10. The second kappa shape index (κ2) is 6.66. The van der Waals surface area contributed by atoms with E-state index in [-0.39, 0.29) is 17.2 Å². The van der Waals surface area contributed by atoms with E-state index < -0.39 is 0 Å². The summed E-state index contributed by atoms with van der Waals surface area (Å²) in [5.74, 6) is -0.318. The molecule has 5 nitrogen and oxygen atoms in total. The number of aromatic nitrogens is 2. The quantitative estimate of drug-likeness (QED) is 0.802. The van der Waals surface area contributed by atoms with Gasteiger partial charge in [0, 0.05) is 17.6 Å². The van der Waals surface area contributed by atoms with Crippen molar-refractivity contribution in [3.63, 3.8) is 0 Å². The molecule has 122 valence electrons. The van der Waals surface area contributed by atoms with E-state index in [1.54, 1.807) is 24.3 Å². The first kappa shape index (κ1) is 15.9. The molecule has 0 radical (unpaired) electrons. The summed E-state index contributed by atoms with van der Waals surface area (Å²) in [5, 5.41) is 8.20. The predicted octanol–water partition coefficient (Wildman–Crippen LogP) is 3.23. The normalized spacial score (nSPS) is 10.8. The number of rotatable bonds is 4. The fraction of sp³-hybridized carbons (Fsp3) is 0.211. The van der Waals surface area contributed by atoms with E-state index in [2.05, 4.69) is 17.3 Å². The first-order chi connectivity index (χ1) is 11.6. The number of hydrogen-bond donors (Lipinski definition) is 1. The third kappa shape index (κ3) is 2.93. The van der Waals surface area contributed by atoms with Gasteiger partial charge in [-0.3, -0.25) is 9.59 Å². The smallest absolute Gasteiger partial charge is 0.276 e. The van der Waals surface area contributed by atoms with Crippen molar-refractivity contribution in [1.82, 2.24) is 9.78 Å². The number of aryl methyl sites for hydroxylation is 2. The molecule has 5 heteroatoms. The predicted molar refractivity (Wildman–Crippen MR) is 95.5 cm³/mol. The number of carbonyl (C=O) groups is 1. The molecule has 0 aliphatic rings. The molecule has 0 atom stereocenters. The molecule has 1 N–H and O–H groups in total. The Morgan fingerprint density at radius 3 is 2.54 bits per heavy atom. The van der Waals surface area contributed by atoms with Gasteiger partial charge in [-0.15, -0.1) is 0 Å². The number of amides is 1. The molecule has 1 aromatic heterocycles. The molecule has 0 saturated heterocycles. The lowest BCUT2D eigenvalue weighted by molar-refractivity contribution is 0.102. The molecular weight excluding hydrogens is 302 g/mol. The zero-order chi connectivity index (χ0) is 17.1. The van der Waals surface area contributed by atoms with Crippen molar-refractivity contribution in [1.29, 1.82) is 0 Å². The van der Waals surface area contributed by atoms with Gasteiger partial charge in [0.15, 0.2) is 5.69 Å². The standard InChI is InChI=1S/C19H19N3O2/c1-3-13-8-7-9-14(12-13)20-18(23)17-15-10-5-6-11-16(15)19(24)22(4-2)21-17/h5-12H,3-4H2,1-2H3,(H,20,23). The van der Waals surface area contributed by atoms with Crippen LogP contribution < -0.4 is 10.9 Å². The minimum absolute atomic E-state index is 0.183. The molecule has 0 aliphatic carbocycles. The zero-order valence-corrected chi connectivity index (χ0v) is 13.7. The summed E-state index contributed by atoms with van der Waals surface area (Å²) in [6.07, 6.45) is 0.894. The fourth-order valence-electron chi connectivity index (χ4n) is 2.68. The zero-order valence-electron chi connectivity index (χ0n) is 13.7. The molecule has 0 fully saturated rings. The number of anilines is 1. The second-order valence-corrected chi connectivity index (χ2v) is 5.52. The highest BCUT2D eigenvalue weighted by molar-refractivity contribution is 6.11. The number of hydrogen-bond acceptors (Lipinski definition) is 3. The topological polar surface area (TPSA) is 64.0 Å². The second-order valence-electron chi connectivity index (χ2n) is 5.52. The molecular formula is C19H19N3O2. The van der Waals surface area contributed by atoms with E-state index >= 15 is 0 Å². The lowest BCUT2D eigenvalue weighted by Crippen LogP contribution is -2.27. The van der Waals surface area contributed by atoms with Crippen LogP contribution in [0.1, 0.15) is 29.9 Å². The molecule has 24 heavy (non-hydrogen) atoms. The summed E-state index contributed by atoms with van der Waals surface area (Å²) < 4.78 is 1.32. The Bertz CT molecular complexity index is 960. The summed E-state index contributed by atoms with van der Waals surface area (Å²) in [4.78, 5) is 25.1. The van der Waals surface area contributed by atoms with Crippen LogP contribution in [0.5, 0.6) is 0 Å². The Kier molecular flexibility index (Phi) is 4.42. The van der Waals surface area contributed by atoms with Crippen LogP contribution in [0.4, 0.5) is 5.69 Å². The van der Waals surface area contributed by atoms with E-state index in [0.29, 0.717) is 17.3 Å². The number of benzene rings is 2. The fourth-order valence-corrected chi connectivity index (χ4v) is 2.68. The van der Waals surface area contributed by atoms with Crippen molar-refractivity contribution in [3.8, 4) is 0 Å². The third-order valence-electron chi connectivity index (χ3n) is 3.98. The maximum absolute atomic E-state index is 12.7. The van der Waals surface area contributed by atoms with E-state index in [1.165, 1.54) is 4.68 Å². The minimum atomic E-state index is -0.318. The van der Waals surface area contributed by atoms with Gasteiger partial charge < -0.3 is 5.32 Å². The van der Waals surface area contributed by atoms with E-state index in [0.717, 1.165) is 17.7 Å². The van der Waals surface area contributed by atoms with Gasteiger partial charge in [-0.25, -0.2) is 4.68 Å². The first-order valence-corrected chi connectivity index (χ1v) is 8.04. The number of carbonyl (C=O) groups excluding carboxylic acids is 1. The molecule has 2 aromatic carbocycles. The Morgan fingerprint density at radius 2 is 1.83 bits per heavy atom. The van der Waals surface area contributed by atoms with Gasteiger partial charge in [0.25, 0.3) is 11.5 Å². The lowest BCUT2D eigenvalue weighted by atomic mass is 10.1. The van der Waals surface area contributed by atoms with Crippen molar-refractivity contribution >= 4 is 22.4 Å². The van der Waals surface area contributed by atoms with Gasteiger partial charge in [-0.05, 0) is 37.1 Å². The van der Waals surface area contributed by atoms with Crippen LogP contribution in [0.2, 0.25) is 0 Å². The van der Waals surface area contributed by atoms with E-state index in [1.807, 2.05) is 31.2 Å². The molecule has 0 spiro atoms. The average molecular weight is 321 g/mol. The maximum atomic E-state index is 12.7. The van der Waals surface area contributed by atoms with Crippen LogP contribution in [-0.4, -0.2) is 15.7 Å². The molecule has 3 rings (SSSR count). The van der Waals surface area contributed by atoms with Gasteiger partial charge >= 0.3 is 0 Å². The van der Waals surface area contributed by atoms with Crippen LogP contribution in [0, 0.1) is 0 Å². The van der Waals surface area contributed by atoms with Gasteiger partial charge in [0.2, 0.25) is 0 Å². The Hall–Kier alpha value is -2.95. The van der Waals surface area contributed by atoms with Gasteiger partial charge in [-0.1, -0.05) is 37.3 Å². The summed E-state index contributed by atoms with van der Waals surface area (Å²) in [7, 11) is 0. The maximum Gasteiger partial charge on any atom is 0.276 e. The van der Waals surface area contributed by atoms with Crippen molar-refractivity contribution in [3.05, 3.63) is 70.1 Å². The van der Waals surface area contributed by atoms with Crippen molar-refractivity contribution in [2.24, 2.45) is 0 Å². The van der Waals surface area contributed by atoms with Crippen LogP contribution in [0.3, 0.4) is 0 Å². The van der Waals surface area contributed by atoms with Crippen molar-refractivity contribution in [2.45, 2.75) is 26.8 Å². The highest BCUT2D eigenvalue weighted by atomic mass is 16.2. The Labute approximate surface area is 139 Å². The summed E-state index contributed by atoms with van der Waals surface area (Å²) in [5.41, 5.74) is 1.94. The monoisotopic (exact) mass is 321 g/mol. The number of nitrogens with zero attached hydrogens (tertiary/aromatic N) is 2. The summed E-state index contributed by atoms with van der Waals surface area (Å²) in [6.45, 7) is 4.30. The van der Waals surface area contributed by atoms with Crippen LogP contribution in [-0.2, 0) is 13.0 Å². The minimum Gasteiger partial charge on any atom is -0.321 e. The summed E-state index contributed by atoms with van der Waals surface area (Å²) >= 11 is 0. The molecule has 0 unspecified atom stereocenters. The van der Waals surface area contributed by atoms with Crippen LogP contribution >= 0.6 is 0 Å². The summed E-state index contributed by atoms with van der Waals surface area (Å²) in [6, 6.07) is 14.8. The number of nitrogens with one attached hydrogen (secondary N) is 1. The highest BCUT2D eigenvalue weighted by Crippen LogP contribution is 2.16. The van der Waals surface area contributed by atoms with Gasteiger partial charge in [0.05, 0.1) is 5.39 Å². The molecule has 0 saturated carbocycles. The molecule has 3 aromatic rings. The SMILES string of the molecule is CCc1cccc(NC(=O)c2nn(CC)c(=O)c3ccccc23)c1.